The highest BCUT2D eigenvalue weighted by Crippen LogP contribution is 2.39. The molecule has 2 heterocycles. The molecule has 1 amide bonds. The first-order chi connectivity index (χ1) is 9.69. The van der Waals surface area contributed by atoms with E-state index in [1.54, 1.807) is 6.07 Å². The summed E-state index contributed by atoms with van der Waals surface area (Å²) in [5.41, 5.74) is 9.18. The average Bonchev–Trinajstić information content (AvgIpc) is 3.03. The zero-order chi connectivity index (χ0) is 13.7. The Hall–Kier alpha value is -1.85. The second kappa shape index (κ2) is 4.07. The fourth-order valence-electron chi connectivity index (χ4n) is 3.36. The molecule has 104 valence electrons. The standard InChI is InChI=1S/C15H16N2O3/c16-14(18)10-3-1-2-9-11-8-15(19-6-7-20-15)5-4-12(11)17-13(9)10/h1-3,17H,4-8H2,(H2,16,18). The van der Waals surface area contributed by atoms with E-state index in [0.29, 0.717) is 18.8 Å². The van der Waals surface area contributed by atoms with Gasteiger partial charge in [-0.3, -0.25) is 4.79 Å². The largest absolute Gasteiger partial charge is 0.366 e. The van der Waals surface area contributed by atoms with Gasteiger partial charge in [-0.2, -0.15) is 0 Å². The van der Waals surface area contributed by atoms with E-state index in [-0.39, 0.29) is 0 Å². The summed E-state index contributed by atoms with van der Waals surface area (Å²) in [4.78, 5) is 14.9. The molecule has 1 aliphatic heterocycles. The molecular weight excluding hydrogens is 256 g/mol. The molecule has 5 nitrogen and oxygen atoms in total. The first kappa shape index (κ1) is 11.9. The Morgan fingerprint density at radius 1 is 1.30 bits per heavy atom. The molecule has 1 spiro atoms. The van der Waals surface area contributed by atoms with Crippen LogP contribution in [0.3, 0.4) is 0 Å². The number of rotatable bonds is 1. The Labute approximate surface area is 116 Å². The quantitative estimate of drug-likeness (QED) is 0.825. The normalized spacial score (nSPS) is 20.4. The Morgan fingerprint density at radius 2 is 2.10 bits per heavy atom. The molecular formula is C15H16N2O3. The number of nitrogens with two attached hydrogens (primary N) is 1. The van der Waals surface area contributed by atoms with Crippen LogP contribution in [0, 0.1) is 0 Å². The summed E-state index contributed by atoms with van der Waals surface area (Å²) >= 11 is 0. The van der Waals surface area contributed by atoms with Gasteiger partial charge >= 0.3 is 0 Å². The van der Waals surface area contributed by atoms with Gasteiger partial charge in [0.2, 0.25) is 0 Å². The Morgan fingerprint density at radius 3 is 2.85 bits per heavy atom. The van der Waals surface area contributed by atoms with Crippen LogP contribution in [0.2, 0.25) is 0 Å². The summed E-state index contributed by atoms with van der Waals surface area (Å²) in [6.07, 6.45) is 2.44. The number of primary amides is 1. The average molecular weight is 272 g/mol. The van der Waals surface area contributed by atoms with Crippen LogP contribution in [0.4, 0.5) is 0 Å². The van der Waals surface area contributed by atoms with Crippen LogP contribution in [0.5, 0.6) is 0 Å². The van der Waals surface area contributed by atoms with Crippen LogP contribution in [-0.2, 0) is 22.3 Å². The molecule has 4 rings (SSSR count). The van der Waals surface area contributed by atoms with E-state index >= 15 is 0 Å². The molecule has 1 aromatic heterocycles. The van der Waals surface area contributed by atoms with E-state index in [9.17, 15) is 4.79 Å². The van der Waals surface area contributed by atoms with Gasteiger partial charge in [0, 0.05) is 23.9 Å². The SMILES string of the molecule is NC(=O)c1cccc2c3c([nH]c12)CCC1(C3)OCCO1. The van der Waals surface area contributed by atoms with E-state index in [0.717, 1.165) is 30.2 Å². The zero-order valence-corrected chi connectivity index (χ0v) is 11.1. The predicted molar refractivity (Wildman–Crippen MR) is 73.5 cm³/mol. The van der Waals surface area contributed by atoms with Gasteiger partial charge in [0.25, 0.3) is 5.91 Å². The van der Waals surface area contributed by atoms with Gasteiger partial charge in [-0.15, -0.1) is 0 Å². The van der Waals surface area contributed by atoms with Gasteiger partial charge in [0.1, 0.15) is 0 Å². The lowest BCUT2D eigenvalue weighted by molar-refractivity contribution is -0.163. The topological polar surface area (TPSA) is 77.3 Å². The molecule has 1 aliphatic carbocycles. The second-order valence-electron chi connectivity index (χ2n) is 5.46. The number of nitrogens with one attached hydrogen (secondary N) is 1. The maximum absolute atomic E-state index is 11.5. The first-order valence-corrected chi connectivity index (χ1v) is 6.89. The molecule has 20 heavy (non-hydrogen) atoms. The molecule has 3 N–H and O–H groups in total. The lowest BCUT2D eigenvalue weighted by Gasteiger charge is -2.31. The van der Waals surface area contributed by atoms with Gasteiger partial charge in [0.05, 0.1) is 24.3 Å². The monoisotopic (exact) mass is 272 g/mol. The maximum Gasteiger partial charge on any atom is 0.250 e. The highest BCUT2D eigenvalue weighted by Gasteiger charge is 2.41. The van der Waals surface area contributed by atoms with Gasteiger partial charge in [-0.25, -0.2) is 0 Å². The van der Waals surface area contributed by atoms with E-state index < -0.39 is 11.7 Å². The van der Waals surface area contributed by atoms with Crippen LogP contribution in [0.1, 0.15) is 28.0 Å². The van der Waals surface area contributed by atoms with Crippen LogP contribution in [-0.4, -0.2) is 29.9 Å². The molecule has 5 heteroatoms. The number of para-hydroxylation sites is 1. The van der Waals surface area contributed by atoms with Crippen LogP contribution in [0.15, 0.2) is 18.2 Å². The van der Waals surface area contributed by atoms with Crippen molar-refractivity contribution in [2.75, 3.05) is 13.2 Å². The van der Waals surface area contributed by atoms with E-state index in [1.807, 2.05) is 12.1 Å². The van der Waals surface area contributed by atoms with Crippen molar-refractivity contribution in [3.63, 3.8) is 0 Å². The Kier molecular flexibility index (Phi) is 2.43. The molecule has 0 atom stereocenters. The van der Waals surface area contributed by atoms with Gasteiger partial charge in [0.15, 0.2) is 5.79 Å². The Balaban J connectivity index is 1.87. The van der Waals surface area contributed by atoms with Crippen LogP contribution < -0.4 is 5.73 Å². The molecule has 0 unspecified atom stereocenters. The predicted octanol–water partition coefficient (Wildman–Crippen LogP) is 1.50. The zero-order valence-electron chi connectivity index (χ0n) is 11.1. The molecule has 1 fully saturated rings. The van der Waals surface area contributed by atoms with Crippen molar-refractivity contribution >= 4 is 16.8 Å². The molecule has 0 saturated carbocycles. The van der Waals surface area contributed by atoms with Crippen LogP contribution >= 0.6 is 0 Å². The minimum Gasteiger partial charge on any atom is -0.366 e. The number of fused-ring (bicyclic) bond motifs is 3. The van der Waals surface area contributed by atoms with E-state index in [4.69, 9.17) is 15.2 Å². The summed E-state index contributed by atoms with van der Waals surface area (Å²) in [5.74, 6) is -0.873. The number of carbonyl (C=O) groups excluding carboxylic acids is 1. The molecule has 2 aromatic rings. The number of aryl methyl sites for hydroxylation is 1. The highest BCUT2D eigenvalue weighted by atomic mass is 16.7. The van der Waals surface area contributed by atoms with Gasteiger partial charge < -0.3 is 20.2 Å². The first-order valence-electron chi connectivity index (χ1n) is 6.89. The number of carbonyl (C=O) groups is 1. The number of H-pyrrole nitrogens is 1. The third-order valence-corrected chi connectivity index (χ3v) is 4.31. The number of aromatic amines is 1. The third kappa shape index (κ3) is 1.60. The molecule has 2 aliphatic rings. The van der Waals surface area contributed by atoms with Crippen molar-refractivity contribution in [1.29, 1.82) is 0 Å². The van der Waals surface area contributed by atoms with E-state index in [1.165, 1.54) is 11.3 Å². The number of benzene rings is 1. The van der Waals surface area contributed by atoms with Crippen molar-refractivity contribution in [2.24, 2.45) is 5.73 Å². The molecule has 1 aromatic carbocycles. The minimum atomic E-state index is -0.467. The fraction of sp³-hybridized carbons (Fsp3) is 0.400. The van der Waals surface area contributed by atoms with Crippen molar-refractivity contribution < 1.29 is 14.3 Å². The van der Waals surface area contributed by atoms with Gasteiger partial charge in [-0.1, -0.05) is 12.1 Å². The molecule has 1 saturated heterocycles. The summed E-state index contributed by atoms with van der Waals surface area (Å²) in [5, 5.41) is 1.05. The number of ether oxygens (including phenoxy) is 2. The number of hydrogen-bond donors (Lipinski definition) is 2. The third-order valence-electron chi connectivity index (χ3n) is 4.31. The minimum absolute atomic E-state index is 0.405. The Bertz CT molecular complexity index is 698. The van der Waals surface area contributed by atoms with Crippen LogP contribution in [0.25, 0.3) is 10.9 Å². The molecule has 0 bridgehead atoms. The lowest BCUT2D eigenvalue weighted by Crippen LogP contribution is -2.36. The smallest absolute Gasteiger partial charge is 0.250 e. The summed E-state index contributed by atoms with van der Waals surface area (Å²) < 4.78 is 11.6. The highest BCUT2D eigenvalue weighted by molar-refractivity contribution is 6.06. The number of aromatic nitrogens is 1. The maximum atomic E-state index is 11.5. The van der Waals surface area contributed by atoms with E-state index in [2.05, 4.69) is 4.98 Å². The van der Waals surface area contributed by atoms with Crippen molar-refractivity contribution in [3.8, 4) is 0 Å². The summed E-state index contributed by atoms with van der Waals surface area (Å²) in [6, 6.07) is 5.64. The molecule has 0 radical (unpaired) electrons. The summed E-state index contributed by atoms with van der Waals surface area (Å²) in [6.45, 7) is 1.31. The lowest BCUT2D eigenvalue weighted by atomic mass is 9.90. The van der Waals surface area contributed by atoms with Crippen molar-refractivity contribution in [1.82, 2.24) is 4.98 Å². The second-order valence-corrected chi connectivity index (χ2v) is 5.46. The summed E-state index contributed by atoms with van der Waals surface area (Å²) in [7, 11) is 0. The van der Waals surface area contributed by atoms with Crippen molar-refractivity contribution in [2.45, 2.75) is 25.0 Å². The fourth-order valence-corrected chi connectivity index (χ4v) is 3.36. The van der Waals surface area contributed by atoms with Gasteiger partial charge in [-0.05, 0) is 18.1 Å². The number of hydrogen-bond acceptors (Lipinski definition) is 3. The van der Waals surface area contributed by atoms with Crippen molar-refractivity contribution in [3.05, 3.63) is 35.0 Å². The number of amides is 1.